The van der Waals surface area contributed by atoms with Crippen LogP contribution >= 0.6 is 11.3 Å². The van der Waals surface area contributed by atoms with Gasteiger partial charge < -0.3 is 0 Å². The van der Waals surface area contributed by atoms with Crippen LogP contribution in [-0.2, 0) is 6.42 Å². The maximum Gasteiger partial charge on any atom is 0.166 e. The molecule has 58 valence electrons. The molecule has 1 aromatic rings. The summed E-state index contributed by atoms with van der Waals surface area (Å²) in [4.78, 5) is 10.1. The lowest BCUT2D eigenvalue weighted by molar-refractivity contribution is 1.01. The van der Waals surface area contributed by atoms with Gasteiger partial charge in [-0.25, -0.2) is 9.98 Å². The van der Waals surface area contributed by atoms with Crippen LogP contribution < -0.4 is 0 Å². The smallest absolute Gasteiger partial charge is 0.166 e. The predicted molar refractivity (Wildman–Crippen MR) is 47.9 cm³/mol. The first-order valence-corrected chi connectivity index (χ1v) is 4.58. The number of thiazole rings is 1. The van der Waals surface area contributed by atoms with Crippen molar-refractivity contribution in [3.05, 3.63) is 9.88 Å². The molecule has 2 nitrogen and oxygen atoms in total. The largest absolute Gasteiger partial charge is 0.237 e. The van der Waals surface area contributed by atoms with Gasteiger partial charge in [-0.1, -0.05) is 0 Å². The molecule has 0 radical (unpaired) electrons. The van der Waals surface area contributed by atoms with Gasteiger partial charge in [0.05, 0.1) is 9.88 Å². The minimum absolute atomic E-state index is 0.969. The zero-order chi connectivity index (χ0) is 7.84. The predicted octanol–water partition coefficient (Wildman–Crippen LogP) is 2.49. The van der Waals surface area contributed by atoms with Crippen LogP contribution in [0.2, 0.25) is 0 Å². The lowest BCUT2D eigenvalue weighted by Gasteiger charge is -2.05. The molecule has 0 saturated heterocycles. The molecule has 0 atom stereocenters. The maximum absolute atomic E-state index is 4.38. The molecule has 3 heteroatoms. The Balaban J connectivity index is 2.50. The molecule has 0 aliphatic carbocycles. The van der Waals surface area contributed by atoms with E-state index in [1.165, 1.54) is 10.6 Å². The van der Waals surface area contributed by atoms with Crippen LogP contribution in [-0.4, -0.2) is 10.7 Å². The molecule has 2 rings (SSSR count). The van der Waals surface area contributed by atoms with Gasteiger partial charge in [-0.3, -0.25) is 0 Å². The van der Waals surface area contributed by atoms with E-state index in [1.54, 1.807) is 11.3 Å². The third-order valence-electron chi connectivity index (χ3n) is 1.79. The lowest BCUT2D eigenvalue weighted by atomic mass is 10.1. The number of rotatable bonds is 0. The first kappa shape index (κ1) is 6.98. The van der Waals surface area contributed by atoms with E-state index >= 15 is 0 Å². The zero-order valence-electron chi connectivity index (χ0n) is 6.72. The van der Waals surface area contributed by atoms with Gasteiger partial charge in [-0.05, 0) is 26.7 Å². The molecule has 0 saturated carbocycles. The number of hydrogen-bond acceptors (Lipinski definition) is 3. The van der Waals surface area contributed by atoms with Crippen LogP contribution in [0.4, 0.5) is 5.82 Å². The zero-order valence-corrected chi connectivity index (χ0v) is 7.53. The summed E-state index contributed by atoms with van der Waals surface area (Å²) in [6, 6.07) is 0. The number of nitrogens with zero attached hydrogens (tertiary/aromatic N) is 2. The van der Waals surface area contributed by atoms with Gasteiger partial charge in [0.1, 0.15) is 0 Å². The molecule has 0 unspecified atom stereocenters. The highest BCUT2D eigenvalue weighted by atomic mass is 32.1. The van der Waals surface area contributed by atoms with E-state index < -0.39 is 0 Å². The lowest BCUT2D eigenvalue weighted by Crippen LogP contribution is -1.98. The molecule has 1 aliphatic heterocycles. The molecule has 0 N–H and O–H groups in total. The van der Waals surface area contributed by atoms with Crippen LogP contribution in [0.5, 0.6) is 0 Å². The summed E-state index contributed by atoms with van der Waals surface area (Å²) in [7, 11) is 0. The summed E-state index contributed by atoms with van der Waals surface area (Å²) in [5.41, 5.74) is 1.21. The van der Waals surface area contributed by atoms with E-state index in [4.69, 9.17) is 0 Å². The molecule has 1 aliphatic rings. The Bertz CT molecular complexity index is 312. The van der Waals surface area contributed by atoms with Gasteiger partial charge in [0.2, 0.25) is 0 Å². The summed E-state index contributed by atoms with van der Waals surface area (Å²) in [6.45, 7) is 4.10. The van der Waals surface area contributed by atoms with Crippen molar-refractivity contribution in [2.45, 2.75) is 26.7 Å². The Morgan fingerprint density at radius 3 is 2.91 bits per heavy atom. The summed E-state index contributed by atoms with van der Waals surface area (Å²) in [5, 5.41) is 1.13. The fourth-order valence-electron chi connectivity index (χ4n) is 1.24. The first-order chi connectivity index (χ1) is 5.25. The number of aryl methyl sites for hydroxylation is 2. The van der Waals surface area contributed by atoms with Crippen molar-refractivity contribution < 1.29 is 0 Å². The van der Waals surface area contributed by atoms with Gasteiger partial charge in [0, 0.05) is 5.71 Å². The van der Waals surface area contributed by atoms with Crippen LogP contribution in [0, 0.1) is 6.92 Å². The quantitative estimate of drug-likeness (QED) is 0.581. The molecular weight excluding hydrogens is 156 g/mol. The summed E-state index contributed by atoms with van der Waals surface area (Å²) < 4.78 is 0. The minimum Gasteiger partial charge on any atom is -0.237 e. The maximum atomic E-state index is 4.38. The van der Waals surface area contributed by atoms with Crippen LogP contribution in [0.15, 0.2) is 4.99 Å². The van der Waals surface area contributed by atoms with E-state index in [9.17, 15) is 0 Å². The number of hydrogen-bond donors (Lipinski definition) is 0. The monoisotopic (exact) mass is 166 g/mol. The van der Waals surface area contributed by atoms with Crippen molar-refractivity contribution in [1.82, 2.24) is 4.98 Å². The Hall–Kier alpha value is -0.700. The van der Waals surface area contributed by atoms with Crippen LogP contribution in [0.1, 0.15) is 23.2 Å². The fourth-order valence-corrected chi connectivity index (χ4v) is 2.11. The van der Waals surface area contributed by atoms with Crippen molar-refractivity contribution in [1.29, 1.82) is 0 Å². The Morgan fingerprint density at radius 1 is 1.27 bits per heavy atom. The summed E-state index contributed by atoms with van der Waals surface area (Å²) >= 11 is 1.77. The van der Waals surface area contributed by atoms with Crippen LogP contribution in [0.25, 0.3) is 0 Å². The number of aromatic nitrogens is 1. The van der Waals surface area contributed by atoms with Gasteiger partial charge in [0.15, 0.2) is 5.82 Å². The minimum atomic E-state index is 0.969. The normalized spacial score (nSPS) is 16.0. The third-order valence-corrected chi connectivity index (χ3v) is 2.81. The Labute approximate surface area is 70.0 Å². The highest BCUT2D eigenvalue weighted by Crippen LogP contribution is 2.29. The third kappa shape index (κ3) is 1.20. The second kappa shape index (κ2) is 2.41. The standard InChI is InChI=1S/C8H10N2S/c1-5-3-4-7-8(9-5)10-6(2)11-7/h3-4H2,1-2H3. The van der Waals surface area contributed by atoms with Gasteiger partial charge in [-0.15, -0.1) is 11.3 Å². The molecule has 1 aromatic heterocycles. The van der Waals surface area contributed by atoms with Gasteiger partial charge in [-0.2, -0.15) is 0 Å². The van der Waals surface area contributed by atoms with Gasteiger partial charge >= 0.3 is 0 Å². The Kier molecular flexibility index (Phi) is 1.53. The van der Waals surface area contributed by atoms with Crippen molar-refractivity contribution in [2.75, 3.05) is 0 Å². The molecule has 0 fully saturated rings. The molecule has 0 bridgehead atoms. The second-order valence-electron chi connectivity index (χ2n) is 2.83. The summed E-state index contributed by atoms with van der Waals surface area (Å²) in [5.74, 6) is 0.969. The number of aliphatic imine (C=N–C) groups is 1. The molecule has 0 amide bonds. The topological polar surface area (TPSA) is 25.2 Å². The molecular formula is C8H10N2S. The van der Waals surface area contributed by atoms with E-state index in [0.717, 1.165) is 23.7 Å². The average molecular weight is 166 g/mol. The summed E-state index contributed by atoms with van der Waals surface area (Å²) in [6.07, 6.45) is 2.24. The van der Waals surface area contributed by atoms with E-state index in [0.29, 0.717) is 0 Å². The SMILES string of the molecule is CC1=Nc2nc(C)sc2CC1. The van der Waals surface area contributed by atoms with Crippen molar-refractivity contribution in [3.63, 3.8) is 0 Å². The second-order valence-corrected chi connectivity index (χ2v) is 4.11. The molecule has 0 aromatic carbocycles. The first-order valence-electron chi connectivity index (χ1n) is 3.76. The highest BCUT2D eigenvalue weighted by Gasteiger charge is 2.12. The highest BCUT2D eigenvalue weighted by molar-refractivity contribution is 7.12. The van der Waals surface area contributed by atoms with E-state index in [2.05, 4.69) is 16.9 Å². The average Bonchev–Trinajstić information content (AvgIpc) is 2.27. The molecule has 0 spiro atoms. The van der Waals surface area contributed by atoms with Crippen LogP contribution in [0.3, 0.4) is 0 Å². The van der Waals surface area contributed by atoms with E-state index in [-0.39, 0.29) is 0 Å². The van der Waals surface area contributed by atoms with Gasteiger partial charge in [0.25, 0.3) is 0 Å². The fraction of sp³-hybridized carbons (Fsp3) is 0.500. The van der Waals surface area contributed by atoms with Crippen molar-refractivity contribution in [2.24, 2.45) is 4.99 Å². The Morgan fingerprint density at radius 2 is 2.09 bits per heavy atom. The van der Waals surface area contributed by atoms with Crippen molar-refractivity contribution in [3.8, 4) is 0 Å². The van der Waals surface area contributed by atoms with E-state index in [1.807, 2.05) is 6.92 Å². The molecule has 2 heterocycles. The molecule has 11 heavy (non-hydrogen) atoms. The number of fused-ring (bicyclic) bond motifs is 1. The van der Waals surface area contributed by atoms with Crippen molar-refractivity contribution >= 4 is 22.9 Å².